The molecule has 6 heteroatoms. The van der Waals surface area contributed by atoms with E-state index in [-0.39, 0.29) is 29.8 Å². The Morgan fingerprint density at radius 1 is 1.12 bits per heavy atom. The number of hydrogen-bond acceptors (Lipinski definition) is 3. The van der Waals surface area contributed by atoms with Crippen molar-refractivity contribution in [1.29, 1.82) is 0 Å². The number of carbonyl (C=O) groups excluding carboxylic acids is 2. The first-order valence-corrected chi connectivity index (χ1v) is 8.87. The molecule has 6 nitrogen and oxygen atoms in total. The fraction of sp³-hybridized carbons (Fsp3) is 0.450. The van der Waals surface area contributed by atoms with Gasteiger partial charge in [-0.05, 0) is 38.3 Å². The van der Waals surface area contributed by atoms with Crippen molar-refractivity contribution in [3.63, 3.8) is 0 Å². The Morgan fingerprint density at radius 2 is 1.77 bits per heavy atom. The van der Waals surface area contributed by atoms with Gasteiger partial charge in [0, 0.05) is 12.2 Å². The number of nitrogens with one attached hydrogen (secondary N) is 2. The molecule has 0 fully saturated rings. The first-order valence-electron chi connectivity index (χ1n) is 8.87. The summed E-state index contributed by atoms with van der Waals surface area (Å²) in [6.45, 7) is 10.6. The number of rotatable bonds is 6. The molecule has 0 saturated heterocycles. The minimum absolute atomic E-state index is 0.0783. The van der Waals surface area contributed by atoms with Crippen LogP contribution < -0.4 is 10.6 Å². The zero-order chi connectivity index (χ0) is 19.3. The lowest BCUT2D eigenvalue weighted by molar-refractivity contribution is -0.120. The maximum atomic E-state index is 12.4. The zero-order valence-electron chi connectivity index (χ0n) is 16.2. The quantitative estimate of drug-likeness (QED) is 0.836. The molecule has 0 aliphatic rings. The third-order valence-electron chi connectivity index (χ3n) is 3.94. The number of amides is 2. The predicted molar refractivity (Wildman–Crippen MR) is 102 cm³/mol. The van der Waals surface area contributed by atoms with E-state index in [1.54, 1.807) is 6.07 Å². The molecule has 0 unspecified atom stereocenters. The molecule has 2 aromatic rings. The van der Waals surface area contributed by atoms with Crippen molar-refractivity contribution in [1.82, 2.24) is 20.4 Å². The lowest BCUT2D eigenvalue weighted by Crippen LogP contribution is -2.37. The van der Waals surface area contributed by atoms with Crippen LogP contribution in [0.25, 0.3) is 0 Å². The Morgan fingerprint density at radius 3 is 2.31 bits per heavy atom. The highest BCUT2D eigenvalue weighted by Crippen LogP contribution is 2.23. The topological polar surface area (TPSA) is 76.0 Å². The molecule has 0 atom stereocenters. The molecule has 2 N–H and O–H groups in total. The summed E-state index contributed by atoms with van der Waals surface area (Å²) in [7, 11) is 0. The average Bonchev–Trinajstić information content (AvgIpc) is 3.05. The van der Waals surface area contributed by atoms with E-state index in [1.165, 1.54) is 0 Å². The van der Waals surface area contributed by atoms with E-state index in [4.69, 9.17) is 0 Å². The van der Waals surface area contributed by atoms with E-state index < -0.39 is 0 Å². The molecule has 1 heterocycles. The Labute approximate surface area is 155 Å². The van der Waals surface area contributed by atoms with Crippen molar-refractivity contribution in [2.24, 2.45) is 0 Å². The van der Waals surface area contributed by atoms with Crippen LogP contribution in [0.4, 0.5) is 0 Å². The largest absolute Gasteiger partial charge is 0.350 e. The Balaban J connectivity index is 1.94. The molecule has 0 aliphatic heterocycles. The smallest absolute Gasteiger partial charge is 0.272 e. The fourth-order valence-electron chi connectivity index (χ4n) is 2.57. The molecule has 0 radical (unpaired) electrons. The average molecular weight is 356 g/mol. The van der Waals surface area contributed by atoms with Crippen LogP contribution in [0.2, 0.25) is 0 Å². The van der Waals surface area contributed by atoms with E-state index in [0.717, 1.165) is 11.3 Å². The van der Waals surface area contributed by atoms with Crippen LogP contribution in [-0.2, 0) is 16.9 Å². The summed E-state index contributed by atoms with van der Waals surface area (Å²) < 4.78 is 1.88. The van der Waals surface area contributed by atoms with E-state index in [2.05, 4.69) is 29.6 Å². The Kier molecular flexibility index (Phi) is 6.18. The maximum absolute atomic E-state index is 12.4. The van der Waals surface area contributed by atoms with E-state index in [0.29, 0.717) is 12.2 Å². The summed E-state index contributed by atoms with van der Waals surface area (Å²) >= 11 is 0. The van der Waals surface area contributed by atoms with Gasteiger partial charge >= 0.3 is 0 Å². The molecule has 0 spiro atoms. The van der Waals surface area contributed by atoms with E-state index in [1.807, 2.05) is 55.8 Å². The minimum Gasteiger partial charge on any atom is -0.350 e. The normalized spacial score (nSPS) is 11.5. The molecule has 2 rings (SSSR count). The minimum atomic E-state index is -0.343. The second kappa shape index (κ2) is 8.17. The van der Waals surface area contributed by atoms with Crippen molar-refractivity contribution in [2.45, 2.75) is 52.6 Å². The van der Waals surface area contributed by atoms with Gasteiger partial charge < -0.3 is 10.6 Å². The van der Waals surface area contributed by atoms with Crippen LogP contribution in [0, 0.1) is 0 Å². The molecule has 0 bridgehead atoms. The van der Waals surface area contributed by atoms with Crippen LogP contribution in [0.5, 0.6) is 0 Å². The van der Waals surface area contributed by atoms with Gasteiger partial charge in [0.25, 0.3) is 5.91 Å². The number of carbonyl (C=O) groups is 2. The summed E-state index contributed by atoms with van der Waals surface area (Å²) in [5.41, 5.74) is 2.12. The van der Waals surface area contributed by atoms with Gasteiger partial charge in [-0.1, -0.05) is 44.2 Å². The number of aromatic nitrogens is 2. The summed E-state index contributed by atoms with van der Waals surface area (Å²) in [5, 5.41) is 9.87. The summed E-state index contributed by atoms with van der Waals surface area (Å²) in [6.07, 6.45) is 0. The lowest BCUT2D eigenvalue weighted by Gasteiger charge is -2.23. The molecule has 26 heavy (non-hydrogen) atoms. The summed E-state index contributed by atoms with van der Waals surface area (Å²) in [6, 6.07) is 11.4. The molecule has 0 aliphatic carbocycles. The van der Waals surface area contributed by atoms with Crippen LogP contribution in [0.3, 0.4) is 0 Å². The Bertz CT molecular complexity index is 758. The first kappa shape index (κ1) is 19.7. The molecule has 1 aromatic carbocycles. The monoisotopic (exact) mass is 356 g/mol. The Hall–Kier alpha value is -2.63. The second-order valence-electron chi connectivity index (χ2n) is 7.64. The fourth-order valence-corrected chi connectivity index (χ4v) is 2.57. The van der Waals surface area contributed by atoms with Gasteiger partial charge in [0.05, 0.1) is 12.1 Å². The predicted octanol–water partition coefficient (Wildman–Crippen LogP) is 2.81. The van der Waals surface area contributed by atoms with E-state index >= 15 is 0 Å². The van der Waals surface area contributed by atoms with Gasteiger partial charge in [-0.15, -0.1) is 0 Å². The maximum Gasteiger partial charge on any atom is 0.272 e. The second-order valence-corrected chi connectivity index (χ2v) is 7.64. The summed E-state index contributed by atoms with van der Waals surface area (Å²) in [5.74, 6) is -0.330. The molecule has 2 amide bonds. The van der Waals surface area contributed by atoms with Crippen molar-refractivity contribution < 1.29 is 9.59 Å². The molecular formula is C20H28N4O2. The van der Waals surface area contributed by atoms with Crippen molar-refractivity contribution >= 4 is 11.8 Å². The van der Waals surface area contributed by atoms with Crippen LogP contribution in [0.1, 0.15) is 62.3 Å². The van der Waals surface area contributed by atoms with Crippen LogP contribution in [-0.4, -0.2) is 28.1 Å². The van der Waals surface area contributed by atoms with Crippen molar-refractivity contribution in [3.05, 3.63) is 53.3 Å². The highest BCUT2D eigenvalue weighted by atomic mass is 16.2. The van der Waals surface area contributed by atoms with Gasteiger partial charge in [0.2, 0.25) is 5.91 Å². The lowest BCUT2D eigenvalue weighted by atomic mass is 10.1. The van der Waals surface area contributed by atoms with Crippen molar-refractivity contribution in [2.75, 3.05) is 6.54 Å². The molecular weight excluding hydrogens is 328 g/mol. The van der Waals surface area contributed by atoms with Gasteiger partial charge in [0.15, 0.2) is 0 Å². The van der Waals surface area contributed by atoms with Gasteiger partial charge in [0.1, 0.15) is 5.69 Å². The molecule has 140 valence electrons. The van der Waals surface area contributed by atoms with Gasteiger partial charge in [-0.25, -0.2) is 0 Å². The third-order valence-corrected chi connectivity index (χ3v) is 3.94. The zero-order valence-corrected chi connectivity index (χ0v) is 16.2. The first-order chi connectivity index (χ1) is 12.2. The summed E-state index contributed by atoms with van der Waals surface area (Å²) in [4.78, 5) is 24.3. The van der Waals surface area contributed by atoms with Crippen LogP contribution in [0.15, 0.2) is 36.4 Å². The molecule has 1 aromatic heterocycles. The number of nitrogens with zero attached hydrogens (tertiary/aromatic N) is 2. The SMILES string of the molecule is CC(C)c1cc(C(=O)NCC(=O)NCc2ccccc2)nn1C(C)(C)C. The standard InChI is InChI=1S/C20H28N4O2/c1-14(2)17-11-16(23-24(17)20(3,4)5)19(26)22-13-18(25)21-12-15-9-7-6-8-10-15/h6-11,14H,12-13H2,1-5H3,(H,21,25)(H,22,26). The molecule has 0 saturated carbocycles. The third kappa shape index (κ3) is 5.18. The number of hydrogen-bond donors (Lipinski definition) is 2. The van der Waals surface area contributed by atoms with Gasteiger partial charge in [-0.3, -0.25) is 14.3 Å². The van der Waals surface area contributed by atoms with Crippen molar-refractivity contribution in [3.8, 4) is 0 Å². The van der Waals surface area contributed by atoms with Gasteiger partial charge in [-0.2, -0.15) is 5.10 Å². The van der Waals surface area contributed by atoms with Crippen LogP contribution >= 0.6 is 0 Å². The highest BCUT2D eigenvalue weighted by molar-refractivity contribution is 5.95. The van der Waals surface area contributed by atoms with E-state index in [9.17, 15) is 9.59 Å². The highest BCUT2D eigenvalue weighted by Gasteiger charge is 2.23. The number of benzene rings is 1.